The number of hydrogen-bond donors (Lipinski definition) is 2. The number of aromatic hydroxyl groups is 1. The normalized spacial score (nSPS) is 17.7. The molecule has 0 bridgehead atoms. The number of rotatable bonds is 5. The predicted octanol–water partition coefficient (Wildman–Crippen LogP) is 2.42. The molecular weight excluding hydrogens is 295 g/mol. The van der Waals surface area contributed by atoms with Crippen LogP contribution in [0.15, 0.2) is 48.5 Å². The van der Waals surface area contributed by atoms with Crippen molar-refractivity contribution < 1.29 is 14.3 Å². The number of likely N-dealkylation sites (tertiary alicyclic amines) is 1. The van der Waals surface area contributed by atoms with Crippen molar-refractivity contribution in [2.75, 3.05) is 6.54 Å². The lowest BCUT2D eigenvalue weighted by atomic mass is 10.2. The molecule has 0 spiro atoms. The van der Waals surface area contributed by atoms with E-state index in [0.717, 1.165) is 11.1 Å². The zero-order chi connectivity index (χ0) is 16.2. The van der Waals surface area contributed by atoms with Gasteiger partial charge in [0.1, 0.15) is 11.6 Å². The first-order chi connectivity index (χ1) is 11.1. The van der Waals surface area contributed by atoms with E-state index in [1.165, 1.54) is 12.1 Å². The summed E-state index contributed by atoms with van der Waals surface area (Å²) in [6.07, 6.45) is 0.458. The van der Waals surface area contributed by atoms with Crippen LogP contribution in [-0.4, -0.2) is 28.5 Å². The second-order valence-electron chi connectivity index (χ2n) is 5.85. The predicted molar refractivity (Wildman–Crippen MR) is 85.2 cm³/mol. The Morgan fingerprint density at radius 3 is 2.70 bits per heavy atom. The number of nitrogens with zero attached hydrogens (tertiary/aromatic N) is 1. The van der Waals surface area contributed by atoms with Crippen LogP contribution in [0.4, 0.5) is 4.39 Å². The van der Waals surface area contributed by atoms with Gasteiger partial charge in [0.2, 0.25) is 5.91 Å². The first kappa shape index (κ1) is 15.5. The van der Waals surface area contributed by atoms with E-state index in [4.69, 9.17) is 0 Å². The van der Waals surface area contributed by atoms with Crippen LogP contribution < -0.4 is 5.32 Å². The third-order valence-electron chi connectivity index (χ3n) is 4.01. The first-order valence-corrected chi connectivity index (χ1v) is 7.63. The molecule has 3 rings (SSSR count). The van der Waals surface area contributed by atoms with Gasteiger partial charge < -0.3 is 15.3 Å². The lowest BCUT2D eigenvalue weighted by molar-refractivity contribution is -0.128. The van der Waals surface area contributed by atoms with Crippen LogP contribution in [0, 0.1) is 5.82 Å². The summed E-state index contributed by atoms with van der Waals surface area (Å²) in [5.74, 6) is 0.0691. The van der Waals surface area contributed by atoms with Crippen molar-refractivity contribution in [3.05, 3.63) is 65.5 Å². The van der Waals surface area contributed by atoms with E-state index in [2.05, 4.69) is 5.32 Å². The van der Waals surface area contributed by atoms with Gasteiger partial charge in [0.25, 0.3) is 0 Å². The number of carbonyl (C=O) groups excluding carboxylic acids is 1. The van der Waals surface area contributed by atoms with Gasteiger partial charge in [-0.1, -0.05) is 24.3 Å². The van der Waals surface area contributed by atoms with Crippen molar-refractivity contribution in [1.29, 1.82) is 0 Å². The molecular formula is C18H19FN2O2. The third-order valence-corrected chi connectivity index (χ3v) is 4.01. The van der Waals surface area contributed by atoms with Gasteiger partial charge in [-0.15, -0.1) is 0 Å². The zero-order valence-electron chi connectivity index (χ0n) is 12.7. The minimum Gasteiger partial charge on any atom is -0.508 e. The maximum absolute atomic E-state index is 12.9. The van der Waals surface area contributed by atoms with Gasteiger partial charge in [-0.05, 0) is 35.4 Å². The number of phenols is 1. The summed E-state index contributed by atoms with van der Waals surface area (Å²) in [5, 5.41) is 12.8. The Labute approximate surface area is 134 Å². The van der Waals surface area contributed by atoms with Gasteiger partial charge in [0.15, 0.2) is 0 Å². The van der Waals surface area contributed by atoms with Gasteiger partial charge in [-0.2, -0.15) is 0 Å². The van der Waals surface area contributed by atoms with Crippen LogP contribution in [0.25, 0.3) is 0 Å². The van der Waals surface area contributed by atoms with Crippen LogP contribution in [0.1, 0.15) is 17.5 Å². The summed E-state index contributed by atoms with van der Waals surface area (Å²) < 4.78 is 12.9. The summed E-state index contributed by atoms with van der Waals surface area (Å²) in [7, 11) is 0. The van der Waals surface area contributed by atoms with Crippen LogP contribution in [0.5, 0.6) is 5.75 Å². The van der Waals surface area contributed by atoms with E-state index < -0.39 is 0 Å². The van der Waals surface area contributed by atoms with Gasteiger partial charge in [-0.3, -0.25) is 4.79 Å². The SMILES string of the molecule is O=C1CC(NCc2cccc(O)c2)CN1Cc1ccc(F)cc1. The summed E-state index contributed by atoms with van der Waals surface area (Å²) >= 11 is 0. The fraction of sp³-hybridized carbons (Fsp3) is 0.278. The van der Waals surface area contributed by atoms with Crippen molar-refractivity contribution in [2.24, 2.45) is 0 Å². The molecule has 1 amide bonds. The number of hydrogen-bond acceptors (Lipinski definition) is 3. The quantitative estimate of drug-likeness (QED) is 0.891. The van der Waals surface area contributed by atoms with Crippen molar-refractivity contribution in [3.63, 3.8) is 0 Å². The number of amides is 1. The number of nitrogens with one attached hydrogen (secondary N) is 1. The van der Waals surface area contributed by atoms with E-state index in [-0.39, 0.29) is 23.5 Å². The van der Waals surface area contributed by atoms with Crippen LogP contribution in [-0.2, 0) is 17.9 Å². The number of phenolic OH excluding ortho intramolecular Hbond substituents is 1. The second-order valence-corrected chi connectivity index (χ2v) is 5.85. The Kier molecular flexibility index (Phi) is 4.57. The summed E-state index contributed by atoms with van der Waals surface area (Å²) in [6.45, 7) is 1.75. The highest BCUT2D eigenvalue weighted by Crippen LogP contribution is 2.17. The zero-order valence-corrected chi connectivity index (χ0v) is 12.7. The molecule has 1 aliphatic heterocycles. The Morgan fingerprint density at radius 2 is 1.96 bits per heavy atom. The van der Waals surface area contributed by atoms with E-state index in [9.17, 15) is 14.3 Å². The smallest absolute Gasteiger partial charge is 0.224 e. The van der Waals surface area contributed by atoms with Crippen molar-refractivity contribution >= 4 is 5.91 Å². The molecule has 2 aromatic rings. The Hall–Kier alpha value is -2.40. The minimum atomic E-state index is -0.271. The topological polar surface area (TPSA) is 52.6 Å². The average Bonchev–Trinajstić information content (AvgIpc) is 2.88. The van der Waals surface area contributed by atoms with E-state index >= 15 is 0 Å². The molecule has 0 aromatic heterocycles. The highest BCUT2D eigenvalue weighted by molar-refractivity contribution is 5.79. The van der Waals surface area contributed by atoms with E-state index in [0.29, 0.717) is 26.1 Å². The molecule has 0 radical (unpaired) electrons. The van der Waals surface area contributed by atoms with Crippen LogP contribution in [0.2, 0.25) is 0 Å². The summed E-state index contributed by atoms with van der Waals surface area (Å²) in [5.41, 5.74) is 1.91. The minimum absolute atomic E-state index is 0.0882. The van der Waals surface area contributed by atoms with Gasteiger partial charge in [-0.25, -0.2) is 4.39 Å². The molecule has 1 heterocycles. The fourth-order valence-corrected chi connectivity index (χ4v) is 2.80. The summed E-state index contributed by atoms with van der Waals surface area (Å²) in [4.78, 5) is 13.9. The van der Waals surface area contributed by atoms with E-state index in [1.807, 2.05) is 6.07 Å². The maximum Gasteiger partial charge on any atom is 0.224 e. The van der Waals surface area contributed by atoms with Crippen molar-refractivity contribution in [3.8, 4) is 5.75 Å². The molecule has 1 fully saturated rings. The molecule has 120 valence electrons. The van der Waals surface area contributed by atoms with Crippen molar-refractivity contribution in [2.45, 2.75) is 25.6 Å². The molecule has 1 atom stereocenters. The largest absolute Gasteiger partial charge is 0.508 e. The number of carbonyl (C=O) groups is 1. The Balaban J connectivity index is 1.54. The number of halogens is 1. The fourth-order valence-electron chi connectivity index (χ4n) is 2.80. The molecule has 1 unspecified atom stereocenters. The second kappa shape index (κ2) is 6.79. The van der Waals surface area contributed by atoms with Crippen LogP contribution >= 0.6 is 0 Å². The average molecular weight is 314 g/mol. The van der Waals surface area contributed by atoms with Crippen molar-refractivity contribution in [1.82, 2.24) is 10.2 Å². The molecule has 1 aliphatic rings. The molecule has 2 N–H and O–H groups in total. The molecule has 4 nitrogen and oxygen atoms in total. The molecule has 0 aliphatic carbocycles. The number of benzene rings is 2. The molecule has 23 heavy (non-hydrogen) atoms. The molecule has 5 heteroatoms. The lowest BCUT2D eigenvalue weighted by Gasteiger charge is -2.17. The maximum atomic E-state index is 12.9. The Bertz CT molecular complexity index is 688. The third kappa shape index (κ3) is 4.07. The highest BCUT2D eigenvalue weighted by atomic mass is 19.1. The molecule has 0 saturated carbocycles. The van der Waals surface area contributed by atoms with E-state index in [1.54, 1.807) is 35.2 Å². The molecule has 1 saturated heterocycles. The Morgan fingerprint density at radius 1 is 1.17 bits per heavy atom. The van der Waals surface area contributed by atoms with Crippen LogP contribution in [0.3, 0.4) is 0 Å². The van der Waals surface area contributed by atoms with Gasteiger partial charge in [0.05, 0.1) is 0 Å². The van der Waals surface area contributed by atoms with Gasteiger partial charge in [0, 0.05) is 32.1 Å². The highest BCUT2D eigenvalue weighted by Gasteiger charge is 2.29. The monoisotopic (exact) mass is 314 g/mol. The first-order valence-electron chi connectivity index (χ1n) is 7.63. The molecule has 2 aromatic carbocycles. The standard InChI is InChI=1S/C18H19FN2O2/c19-15-6-4-13(5-7-15)11-21-12-16(9-18(21)23)20-10-14-2-1-3-17(22)8-14/h1-8,16,20,22H,9-12H2. The summed E-state index contributed by atoms with van der Waals surface area (Å²) in [6, 6.07) is 13.4. The lowest BCUT2D eigenvalue weighted by Crippen LogP contribution is -2.32. The van der Waals surface area contributed by atoms with Gasteiger partial charge >= 0.3 is 0 Å².